The molecule has 1 aromatic carbocycles. The fraction of sp³-hybridized carbons (Fsp3) is 0.462. The fourth-order valence-corrected chi connectivity index (χ4v) is 2.06. The molecule has 5 nitrogen and oxygen atoms in total. The first kappa shape index (κ1) is 15.7. The number of hydrogen-bond donors (Lipinski definition) is 2. The number of ether oxygens (including phenoxy) is 1. The molecule has 1 unspecified atom stereocenters. The minimum atomic E-state index is -0.769. The van der Waals surface area contributed by atoms with Gasteiger partial charge in [0, 0.05) is 34.6 Å². The number of benzene rings is 1. The average molecular weight is 284 g/mol. The van der Waals surface area contributed by atoms with Gasteiger partial charge in [-0.1, -0.05) is 6.07 Å². The highest BCUT2D eigenvalue weighted by Crippen LogP contribution is 2.16. The van der Waals surface area contributed by atoms with E-state index in [9.17, 15) is 9.00 Å². The third-order valence-corrected chi connectivity index (χ3v) is 3.29. The summed E-state index contributed by atoms with van der Waals surface area (Å²) in [5, 5.41) is 5.79. The molecule has 1 rings (SSSR count). The van der Waals surface area contributed by atoms with Gasteiger partial charge < -0.3 is 15.4 Å². The minimum Gasteiger partial charge on any atom is -0.497 e. The molecular formula is C13H20N2O3S. The van der Waals surface area contributed by atoms with E-state index in [1.807, 2.05) is 12.1 Å². The third-order valence-electron chi connectivity index (χ3n) is 2.42. The predicted octanol–water partition coefficient (Wildman–Crippen LogP) is 0.992. The molecule has 0 aliphatic heterocycles. The summed E-state index contributed by atoms with van der Waals surface area (Å²) < 4.78 is 15.9. The zero-order chi connectivity index (χ0) is 14.1. The lowest BCUT2D eigenvalue weighted by Crippen LogP contribution is -2.29. The monoisotopic (exact) mass is 284 g/mol. The fourth-order valence-electron chi connectivity index (χ4n) is 1.51. The molecule has 19 heavy (non-hydrogen) atoms. The maximum absolute atomic E-state index is 11.6. The van der Waals surface area contributed by atoms with E-state index in [1.54, 1.807) is 25.5 Å². The van der Waals surface area contributed by atoms with Gasteiger partial charge in [0.2, 0.25) is 5.91 Å². The van der Waals surface area contributed by atoms with Crippen LogP contribution in [0.1, 0.15) is 6.42 Å². The molecule has 0 aromatic heterocycles. The van der Waals surface area contributed by atoms with Crippen molar-refractivity contribution >= 4 is 22.4 Å². The number of nitrogens with one attached hydrogen (secondary N) is 2. The Bertz CT molecular complexity index is 438. The Hall–Kier alpha value is -1.40. The second-order valence-corrected chi connectivity index (χ2v) is 5.64. The molecule has 2 N–H and O–H groups in total. The summed E-state index contributed by atoms with van der Waals surface area (Å²) in [6.07, 6.45) is 2.48. The first-order chi connectivity index (χ1) is 9.11. The summed E-state index contributed by atoms with van der Waals surface area (Å²) in [6, 6.07) is 7.20. The van der Waals surface area contributed by atoms with Crippen molar-refractivity contribution in [2.45, 2.75) is 6.42 Å². The summed E-state index contributed by atoms with van der Waals surface area (Å²) >= 11 is 0. The van der Waals surface area contributed by atoms with Crippen LogP contribution in [0.3, 0.4) is 0 Å². The summed E-state index contributed by atoms with van der Waals surface area (Å²) in [4.78, 5) is 11.6. The normalized spacial score (nSPS) is 11.9. The van der Waals surface area contributed by atoms with Crippen molar-refractivity contribution < 1.29 is 13.7 Å². The average Bonchev–Trinajstić information content (AvgIpc) is 2.38. The van der Waals surface area contributed by atoms with Crippen molar-refractivity contribution in [1.82, 2.24) is 5.32 Å². The summed E-state index contributed by atoms with van der Waals surface area (Å²) in [5.74, 6) is 1.26. The highest BCUT2D eigenvalue weighted by Gasteiger charge is 2.02. The number of carbonyl (C=O) groups is 1. The minimum absolute atomic E-state index is 0.106. The zero-order valence-corrected chi connectivity index (χ0v) is 12.1. The van der Waals surface area contributed by atoms with Crippen LogP contribution in [0.15, 0.2) is 24.3 Å². The van der Waals surface area contributed by atoms with Crippen molar-refractivity contribution in [2.24, 2.45) is 0 Å². The van der Waals surface area contributed by atoms with E-state index in [0.717, 1.165) is 6.42 Å². The van der Waals surface area contributed by atoms with Gasteiger partial charge >= 0.3 is 0 Å². The smallest absolute Gasteiger partial charge is 0.238 e. The molecule has 0 aliphatic carbocycles. The van der Waals surface area contributed by atoms with Crippen LogP contribution >= 0.6 is 0 Å². The van der Waals surface area contributed by atoms with Crippen LogP contribution in [0.25, 0.3) is 0 Å². The molecule has 1 amide bonds. The lowest BCUT2D eigenvalue weighted by Gasteiger charge is -2.07. The van der Waals surface area contributed by atoms with Gasteiger partial charge in [-0.25, -0.2) is 0 Å². The molecule has 1 atom stereocenters. The van der Waals surface area contributed by atoms with Gasteiger partial charge in [-0.2, -0.15) is 0 Å². The van der Waals surface area contributed by atoms with Gasteiger partial charge in [0.15, 0.2) is 0 Å². The molecule has 6 heteroatoms. The standard InChI is InChI=1S/C13H20N2O3S/c1-18-12-6-3-5-11(9-12)15-13(16)10-14-7-4-8-19(2)17/h3,5-6,9,14H,4,7-8,10H2,1-2H3,(H,15,16). The molecule has 0 saturated heterocycles. The third kappa shape index (κ3) is 6.93. The van der Waals surface area contributed by atoms with E-state index >= 15 is 0 Å². The highest BCUT2D eigenvalue weighted by molar-refractivity contribution is 7.84. The van der Waals surface area contributed by atoms with Crippen LogP contribution in [0.4, 0.5) is 5.69 Å². The van der Waals surface area contributed by atoms with Gasteiger partial charge in [0.05, 0.1) is 13.7 Å². The van der Waals surface area contributed by atoms with Gasteiger partial charge in [-0.05, 0) is 25.1 Å². The Morgan fingerprint density at radius 2 is 2.21 bits per heavy atom. The second-order valence-electron chi connectivity index (χ2n) is 4.09. The summed E-state index contributed by atoms with van der Waals surface area (Å²) in [7, 11) is 0.814. The van der Waals surface area contributed by atoms with Crippen LogP contribution in [-0.2, 0) is 15.6 Å². The number of methoxy groups -OCH3 is 1. The lowest BCUT2D eigenvalue weighted by molar-refractivity contribution is -0.115. The van der Waals surface area contributed by atoms with Gasteiger partial charge in [0.25, 0.3) is 0 Å². The molecule has 106 valence electrons. The van der Waals surface area contributed by atoms with Gasteiger partial charge in [-0.15, -0.1) is 0 Å². The molecule has 0 aliphatic rings. The maximum Gasteiger partial charge on any atom is 0.238 e. The largest absolute Gasteiger partial charge is 0.497 e. The maximum atomic E-state index is 11.6. The van der Waals surface area contributed by atoms with Crippen molar-refractivity contribution in [2.75, 3.05) is 37.5 Å². The number of rotatable bonds is 8. The number of amides is 1. The van der Waals surface area contributed by atoms with Crippen LogP contribution in [0.2, 0.25) is 0 Å². The zero-order valence-electron chi connectivity index (χ0n) is 11.3. The SMILES string of the molecule is COc1cccc(NC(=O)CNCCCS(C)=O)c1. The quantitative estimate of drug-likeness (QED) is 0.699. The number of carbonyl (C=O) groups excluding carboxylic acids is 1. The Labute approximate surface area is 116 Å². The van der Waals surface area contributed by atoms with Crippen molar-refractivity contribution in [1.29, 1.82) is 0 Å². The molecular weight excluding hydrogens is 264 g/mol. The van der Waals surface area contributed by atoms with Crippen LogP contribution in [0, 0.1) is 0 Å². The first-order valence-electron chi connectivity index (χ1n) is 6.06. The van der Waals surface area contributed by atoms with E-state index in [2.05, 4.69) is 10.6 Å². The summed E-state index contributed by atoms with van der Waals surface area (Å²) in [6.45, 7) is 0.929. The topological polar surface area (TPSA) is 67.4 Å². The number of hydrogen-bond acceptors (Lipinski definition) is 4. The molecule has 0 saturated carbocycles. The molecule has 0 spiro atoms. The van der Waals surface area contributed by atoms with Crippen LogP contribution in [0.5, 0.6) is 5.75 Å². The van der Waals surface area contributed by atoms with Crippen molar-refractivity contribution in [3.05, 3.63) is 24.3 Å². The number of anilines is 1. The summed E-state index contributed by atoms with van der Waals surface area (Å²) in [5.41, 5.74) is 0.709. The highest BCUT2D eigenvalue weighted by atomic mass is 32.2. The molecule has 0 bridgehead atoms. The first-order valence-corrected chi connectivity index (χ1v) is 7.79. The van der Waals surface area contributed by atoms with E-state index in [0.29, 0.717) is 23.7 Å². The van der Waals surface area contributed by atoms with E-state index in [4.69, 9.17) is 4.74 Å². The molecule has 1 aromatic rings. The van der Waals surface area contributed by atoms with E-state index in [-0.39, 0.29) is 12.5 Å². The van der Waals surface area contributed by atoms with E-state index < -0.39 is 10.8 Å². The van der Waals surface area contributed by atoms with Crippen molar-refractivity contribution in [3.8, 4) is 5.75 Å². The predicted molar refractivity (Wildman–Crippen MR) is 78.0 cm³/mol. The lowest BCUT2D eigenvalue weighted by atomic mass is 10.3. The van der Waals surface area contributed by atoms with Gasteiger partial charge in [0.1, 0.15) is 5.75 Å². The van der Waals surface area contributed by atoms with Crippen LogP contribution < -0.4 is 15.4 Å². The molecule has 0 fully saturated rings. The van der Waals surface area contributed by atoms with Crippen molar-refractivity contribution in [3.63, 3.8) is 0 Å². The Morgan fingerprint density at radius 1 is 1.42 bits per heavy atom. The molecule has 0 heterocycles. The second kappa shape index (κ2) is 8.66. The van der Waals surface area contributed by atoms with Crippen LogP contribution in [-0.4, -0.2) is 42.3 Å². The van der Waals surface area contributed by atoms with Gasteiger partial charge in [-0.3, -0.25) is 9.00 Å². The Kier molecular flexibility index (Phi) is 7.14. The Morgan fingerprint density at radius 3 is 2.89 bits per heavy atom. The molecule has 0 radical (unpaired) electrons. The Balaban J connectivity index is 2.25. The van der Waals surface area contributed by atoms with E-state index in [1.165, 1.54) is 0 Å².